The molecule has 0 spiro atoms. The van der Waals surface area contributed by atoms with Crippen LogP contribution in [0.1, 0.15) is 31.2 Å². The zero-order valence-electron chi connectivity index (χ0n) is 11.4. The van der Waals surface area contributed by atoms with Gasteiger partial charge in [0.15, 0.2) is 0 Å². The van der Waals surface area contributed by atoms with Gasteiger partial charge in [-0.15, -0.1) is 0 Å². The molecule has 0 amide bonds. The van der Waals surface area contributed by atoms with Crippen molar-refractivity contribution in [3.05, 3.63) is 15.9 Å². The number of aryl methyl sites for hydroxylation is 2. The van der Waals surface area contributed by atoms with E-state index in [4.69, 9.17) is 4.74 Å². The lowest BCUT2D eigenvalue weighted by molar-refractivity contribution is 0.0239. The molecule has 5 heteroatoms. The highest BCUT2D eigenvalue weighted by molar-refractivity contribution is 9.10. The monoisotopic (exact) mass is 315 g/mol. The van der Waals surface area contributed by atoms with Crippen LogP contribution in [0.25, 0.3) is 0 Å². The van der Waals surface area contributed by atoms with Gasteiger partial charge in [-0.1, -0.05) is 6.92 Å². The molecule has 1 aromatic heterocycles. The Morgan fingerprint density at radius 3 is 2.67 bits per heavy atom. The number of hydrogen-bond acceptors (Lipinski definition) is 3. The SMILES string of the molecule is Cc1nn(C)c(CNCC2(C)CCOCC2)c1Br. The van der Waals surface area contributed by atoms with Gasteiger partial charge in [0.1, 0.15) is 0 Å². The first-order valence-electron chi connectivity index (χ1n) is 6.48. The summed E-state index contributed by atoms with van der Waals surface area (Å²) < 4.78 is 8.48. The van der Waals surface area contributed by atoms with Crippen molar-refractivity contribution in [2.75, 3.05) is 19.8 Å². The van der Waals surface area contributed by atoms with Crippen LogP contribution >= 0.6 is 15.9 Å². The maximum absolute atomic E-state index is 5.42. The summed E-state index contributed by atoms with van der Waals surface area (Å²) in [6.45, 7) is 8.04. The van der Waals surface area contributed by atoms with Gasteiger partial charge in [-0.25, -0.2) is 0 Å². The van der Waals surface area contributed by atoms with Crippen LogP contribution in [0.5, 0.6) is 0 Å². The number of ether oxygens (including phenoxy) is 1. The van der Waals surface area contributed by atoms with E-state index in [0.717, 1.165) is 49.3 Å². The molecule has 0 radical (unpaired) electrons. The molecule has 2 heterocycles. The molecular formula is C13H22BrN3O. The van der Waals surface area contributed by atoms with Crippen molar-refractivity contribution in [2.45, 2.75) is 33.2 Å². The van der Waals surface area contributed by atoms with Gasteiger partial charge in [-0.05, 0) is 41.1 Å². The summed E-state index contributed by atoms with van der Waals surface area (Å²) in [4.78, 5) is 0. The Balaban J connectivity index is 1.88. The summed E-state index contributed by atoms with van der Waals surface area (Å²) >= 11 is 3.60. The van der Waals surface area contributed by atoms with Crippen LogP contribution in [0.4, 0.5) is 0 Å². The number of hydrogen-bond donors (Lipinski definition) is 1. The van der Waals surface area contributed by atoms with Crippen LogP contribution < -0.4 is 5.32 Å². The van der Waals surface area contributed by atoms with E-state index < -0.39 is 0 Å². The maximum atomic E-state index is 5.42. The molecule has 18 heavy (non-hydrogen) atoms. The molecule has 1 aliphatic heterocycles. The third kappa shape index (κ3) is 3.13. The quantitative estimate of drug-likeness (QED) is 0.927. The third-order valence-corrected chi connectivity index (χ3v) is 4.84. The number of nitrogens with one attached hydrogen (secondary N) is 1. The summed E-state index contributed by atoms with van der Waals surface area (Å²) in [5.74, 6) is 0. The minimum absolute atomic E-state index is 0.373. The second-order valence-electron chi connectivity index (χ2n) is 5.50. The van der Waals surface area contributed by atoms with Crippen LogP contribution in [0.2, 0.25) is 0 Å². The largest absolute Gasteiger partial charge is 0.381 e. The Labute approximate surface area is 117 Å². The summed E-state index contributed by atoms with van der Waals surface area (Å²) in [6.07, 6.45) is 2.29. The second-order valence-corrected chi connectivity index (χ2v) is 6.29. The smallest absolute Gasteiger partial charge is 0.0739 e. The molecule has 0 bridgehead atoms. The van der Waals surface area contributed by atoms with Gasteiger partial charge in [0.05, 0.1) is 15.9 Å². The zero-order chi connectivity index (χ0) is 13.2. The Bertz CT molecular complexity index is 411. The lowest BCUT2D eigenvalue weighted by atomic mass is 9.82. The minimum atomic E-state index is 0.373. The van der Waals surface area contributed by atoms with Crippen LogP contribution in [0.3, 0.4) is 0 Å². The van der Waals surface area contributed by atoms with Gasteiger partial charge in [0.25, 0.3) is 0 Å². The van der Waals surface area contributed by atoms with Crippen molar-refractivity contribution in [3.63, 3.8) is 0 Å². The predicted octanol–water partition coefficient (Wildman–Crippen LogP) is 2.40. The van der Waals surface area contributed by atoms with E-state index >= 15 is 0 Å². The second kappa shape index (κ2) is 5.72. The molecule has 1 aromatic rings. The summed E-state index contributed by atoms with van der Waals surface area (Å²) in [6, 6.07) is 0. The van der Waals surface area contributed by atoms with E-state index in [0.29, 0.717) is 5.41 Å². The minimum Gasteiger partial charge on any atom is -0.381 e. The molecule has 0 atom stereocenters. The first-order valence-corrected chi connectivity index (χ1v) is 7.28. The number of aromatic nitrogens is 2. The molecule has 1 saturated heterocycles. The summed E-state index contributed by atoms with van der Waals surface area (Å²) in [5.41, 5.74) is 2.63. The highest BCUT2D eigenvalue weighted by Crippen LogP contribution is 2.29. The van der Waals surface area contributed by atoms with E-state index in [1.54, 1.807) is 0 Å². The Kier molecular flexibility index (Phi) is 4.45. The standard InChI is InChI=1S/C13H22BrN3O/c1-10-12(14)11(17(3)16-10)8-15-9-13(2)4-6-18-7-5-13/h15H,4-9H2,1-3H3. The van der Waals surface area contributed by atoms with Crippen molar-refractivity contribution in [1.82, 2.24) is 15.1 Å². The maximum Gasteiger partial charge on any atom is 0.0739 e. The van der Waals surface area contributed by atoms with Crippen LogP contribution in [-0.2, 0) is 18.3 Å². The fourth-order valence-electron chi connectivity index (χ4n) is 2.40. The number of rotatable bonds is 4. The van der Waals surface area contributed by atoms with Crippen molar-refractivity contribution >= 4 is 15.9 Å². The lowest BCUT2D eigenvalue weighted by Crippen LogP contribution is -2.36. The van der Waals surface area contributed by atoms with Gasteiger partial charge in [-0.3, -0.25) is 4.68 Å². The van der Waals surface area contributed by atoms with E-state index in [1.165, 1.54) is 5.69 Å². The average Bonchev–Trinajstić information content (AvgIpc) is 2.56. The molecule has 0 saturated carbocycles. The average molecular weight is 316 g/mol. The van der Waals surface area contributed by atoms with E-state index in [9.17, 15) is 0 Å². The Hall–Kier alpha value is -0.390. The molecule has 4 nitrogen and oxygen atoms in total. The van der Waals surface area contributed by atoms with Crippen molar-refractivity contribution in [2.24, 2.45) is 12.5 Å². The fraction of sp³-hybridized carbons (Fsp3) is 0.769. The molecule has 0 aromatic carbocycles. The van der Waals surface area contributed by atoms with Crippen LogP contribution in [0.15, 0.2) is 4.47 Å². The normalized spacial score (nSPS) is 19.1. The molecule has 2 rings (SSSR count). The number of halogens is 1. The van der Waals surface area contributed by atoms with Gasteiger partial charge in [0, 0.05) is 33.4 Å². The van der Waals surface area contributed by atoms with E-state index in [1.807, 2.05) is 18.7 Å². The zero-order valence-corrected chi connectivity index (χ0v) is 13.0. The van der Waals surface area contributed by atoms with Gasteiger partial charge < -0.3 is 10.1 Å². The molecule has 0 unspecified atom stereocenters. The summed E-state index contributed by atoms with van der Waals surface area (Å²) in [7, 11) is 1.99. The van der Waals surface area contributed by atoms with Crippen molar-refractivity contribution in [3.8, 4) is 0 Å². The molecule has 1 aliphatic rings. The molecule has 102 valence electrons. The van der Waals surface area contributed by atoms with Gasteiger partial charge >= 0.3 is 0 Å². The first-order chi connectivity index (χ1) is 8.52. The third-order valence-electron chi connectivity index (χ3n) is 3.81. The van der Waals surface area contributed by atoms with Gasteiger partial charge in [-0.2, -0.15) is 5.10 Å². The topological polar surface area (TPSA) is 39.1 Å². The summed E-state index contributed by atoms with van der Waals surface area (Å²) in [5, 5.41) is 7.96. The highest BCUT2D eigenvalue weighted by atomic mass is 79.9. The highest BCUT2D eigenvalue weighted by Gasteiger charge is 2.26. The number of nitrogens with zero attached hydrogens (tertiary/aromatic N) is 2. The predicted molar refractivity (Wildman–Crippen MR) is 75.5 cm³/mol. The Morgan fingerprint density at radius 2 is 2.11 bits per heavy atom. The van der Waals surface area contributed by atoms with Crippen molar-refractivity contribution in [1.29, 1.82) is 0 Å². The van der Waals surface area contributed by atoms with Crippen molar-refractivity contribution < 1.29 is 4.74 Å². The lowest BCUT2D eigenvalue weighted by Gasteiger charge is -2.33. The molecule has 1 N–H and O–H groups in total. The fourth-order valence-corrected chi connectivity index (χ4v) is 2.87. The van der Waals surface area contributed by atoms with Gasteiger partial charge in [0.2, 0.25) is 0 Å². The molecular weight excluding hydrogens is 294 g/mol. The molecule has 1 fully saturated rings. The van der Waals surface area contributed by atoms with E-state index in [2.05, 4.69) is 33.3 Å². The Morgan fingerprint density at radius 1 is 1.44 bits per heavy atom. The van der Waals surface area contributed by atoms with Crippen LogP contribution in [0, 0.1) is 12.3 Å². The van der Waals surface area contributed by atoms with Crippen LogP contribution in [-0.4, -0.2) is 29.5 Å². The molecule has 0 aliphatic carbocycles. The first kappa shape index (κ1) is 14.0. The van der Waals surface area contributed by atoms with E-state index in [-0.39, 0.29) is 0 Å².